The molecule has 0 spiro atoms. The number of aromatic nitrogens is 3. The molecule has 0 bridgehead atoms. The zero-order valence-electron chi connectivity index (χ0n) is 13.1. The van der Waals surface area contributed by atoms with E-state index in [1.165, 1.54) is 13.2 Å². The average molecular weight is 364 g/mol. The van der Waals surface area contributed by atoms with Crippen LogP contribution in [0.15, 0.2) is 46.7 Å². The molecule has 0 amide bonds. The first-order valence-electron chi connectivity index (χ1n) is 7.12. The molecule has 126 valence electrons. The zero-order valence-corrected chi connectivity index (χ0v) is 14.8. The fourth-order valence-corrected chi connectivity index (χ4v) is 3.73. The summed E-state index contributed by atoms with van der Waals surface area (Å²) < 4.78 is 30.3. The molecule has 3 aromatic rings. The molecule has 0 aliphatic carbocycles. The number of rotatable bonds is 5. The molecule has 0 saturated carbocycles. The van der Waals surface area contributed by atoms with Crippen LogP contribution in [0.25, 0.3) is 16.9 Å². The van der Waals surface area contributed by atoms with Crippen LogP contribution in [0, 0.1) is 0 Å². The van der Waals surface area contributed by atoms with Gasteiger partial charge < -0.3 is 4.74 Å². The molecule has 2 heterocycles. The van der Waals surface area contributed by atoms with E-state index in [1.807, 2.05) is 23.6 Å². The second-order valence-electron chi connectivity index (χ2n) is 4.92. The Hall–Kier alpha value is -2.10. The molecule has 0 atom stereocenters. The summed E-state index contributed by atoms with van der Waals surface area (Å²) in [7, 11) is -2.45. The van der Waals surface area contributed by atoms with Gasteiger partial charge in [0.25, 0.3) is 0 Å². The fourth-order valence-electron chi connectivity index (χ4n) is 2.34. The molecule has 1 aromatic carbocycles. The Balaban J connectivity index is 2.17. The highest BCUT2D eigenvalue weighted by Gasteiger charge is 2.17. The molecular formula is C15H16N4O3S2. The van der Waals surface area contributed by atoms with Crippen molar-refractivity contribution in [3.8, 4) is 17.0 Å². The Morgan fingerprint density at radius 2 is 2.12 bits per heavy atom. The van der Waals surface area contributed by atoms with E-state index in [-0.39, 0.29) is 10.6 Å². The van der Waals surface area contributed by atoms with Crippen molar-refractivity contribution in [1.82, 2.24) is 14.4 Å². The Bertz CT molecular complexity index is 999. The van der Waals surface area contributed by atoms with E-state index in [1.54, 1.807) is 30.1 Å². The average Bonchev–Trinajstić information content (AvgIpc) is 3.02. The van der Waals surface area contributed by atoms with Gasteiger partial charge in [0.2, 0.25) is 10.0 Å². The highest BCUT2D eigenvalue weighted by atomic mass is 32.2. The largest absolute Gasteiger partial charge is 0.495 e. The molecule has 24 heavy (non-hydrogen) atoms. The Kier molecular flexibility index (Phi) is 4.48. The van der Waals surface area contributed by atoms with Crippen molar-refractivity contribution in [2.24, 2.45) is 5.14 Å². The minimum absolute atomic E-state index is 0.0567. The van der Waals surface area contributed by atoms with Gasteiger partial charge in [-0.3, -0.25) is 4.40 Å². The third kappa shape index (κ3) is 3.10. The predicted molar refractivity (Wildman–Crippen MR) is 92.7 cm³/mol. The zero-order chi connectivity index (χ0) is 17.3. The van der Waals surface area contributed by atoms with Crippen LogP contribution in [-0.2, 0) is 10.0 Å². The van der Waals surface area contributed by atoms with Crippen molar-refractivity contribution in [2.75, 3.05) is 12.9 Å². The van der Waals surface area contributed by atoms with Crippen LogP contribution in [0.3, 0.4) is 0 Å². The van der Waals surface area contributed by atoms with E-state index in [4.69, 9.17) is 9.88 Å². The highest BCUT2D eigenvalue weighted by molar-refractivity contribution is 7.99. The fraction of sp³-hybridized carbons (Fsp3) is 0.200. The van der Waals surface area contributed by atoms with Gasteiger partial charge in [0.1, 0.15) is 16.3 Å². The van der Waals surface area contributed by atoms with Crippen LogP contribution in [0.5, 0.6) is 5.75 Å². The maximum Gasteiger partial charge on any atom is 0.241 e. The van der Waals surface area contributed by atoms with Gasteiger partial charge in [-0.25, -0.2) is 23.5 Å². The quantitative estimate of drug-likeness (QED) is 0.550. The summed E-state index contributed by atoms with van der Waals surface area (Å²) in [6, 6.07) is 6.53. The summed E-state index contributed by atoms with van der Waals surface area (Å²) in [5.41, 5.74) is 2.18. The van der Waals surface area contributed by atoms with Crippen molar-refractivity contribution in [3.05, 3.63) is 36.7 Å². The van der Waals surface area contributed by atoms with Crippen LogP contribution < -0.4 is 9.88 Å². The third-order valence-corrected chi connectivity index (χ3v) is 5.18. The Labute approximate surface area is 143 Å². The van der Waals surface area contributed by atoms with Gasteiger partial charge >= 0.3 is 0 Å². The van der Waals surface area contributed by atoms with Crippen molar-refractivity contribution >= 4 is 27.4 Å². The lowest BCUT2D eigenvalue weighted by Gasteiger charge is -2.10. The Morgan fingerprint density at radius 1 is 1.33 bits per heavy atom. The van der Waals surface area contributed by atoms with Crippen LogP contribution in [0.1, 0.15) is 6.92 Å². The molecule has 0 saturated heterocycles. The van der Waals surface area contributed by atoms with Crippen LogP contribution in [-0.4, -0.2) is 35.6 Å². The molecule has 0 fully saturated rings. The molecule has 0 aliphatic rings. The number of methoxy groups -OCH3 is 1. The third-order valence-electron chi connectivity index (χ3n) is 3.40. The van der Waals surface area contributed by atoms with E-state index >= 15 is 0 Å². The van der Waals surface area contributed by atoms with Crippen molar-refractivity contribution < 1.29 is 13.2 Å². The number of hydrogen-bond donors (Lipinski definition) is 1. The minimum atomic E-state index is -3.85. The van der Waals surface area contributed by atoms with E-state index in [2.05, 4.69) is 9.97 Å². The van der Waals surface area contributed by atoms with Crippen molar-refractivity contribution in [1.29, 1.82) is 0 Å². The van der Waals surface area contributed by atoms with Gasteiger partial charge in [0, 0.05) is 24.0 Å². The predicted octanol–water partition coefficient (Wildman–Crippen LogP) is 2.16. The maximum absolute atomic E-state index is 11.6. The van der Waals surface area contributed by atoms with Crippen LogP contribution in [0.4, 0.5) is 0 Å². The van der Waals surface area contributed by atoms with Gasteiger partial charge in [-0.05, 0) is 17.9 Å². The lowest BCUT2D eigenvalue weighted by atomic mass is 10.1. The van der Waals surface area contributed by atoms with Gasteiger partial charge in [0.05, 0.1) is 12.8 Å². The normalized spacial score (nSPS) is 11.8. The SMILES string of the molecule is CCSc1nc(-c2ccc(S(N)(=O)=O)c(OC)c2)cc2nccn12. The van der Waals surface area contributed by atoms with E-state index in [0.29, 0.717) is 5.69 Å². The van der Waals surface area contributed by atoms with E-state index in [9.17, 15) is 8.42 Å². The van der Waals surface area contributed by atoms with E-state index in [0.717, 1.165) is 22.1 Å². The number of hydrogen-bond acceptors (Lipinski definition) is 6. The number of imidazole rings is 1. The summed E-state index contributed by atoms with van der Waals surface area (Å²) in [4.78, 5) is 8.90. The summed E-state index contributed by atoms with van der Waals surface area (Å²) in [5.74, 6) is 1.06. The number of fused-ring (bicyclic) bond motifs is 1. The van der Waals surface area contributed by atoms with Crippen LogP contribution in [0.2, 0.25) is 0 Å². The number of ether oxygens (including phenoxy) is 1. The monoisotopic (exact) mass is 364 g/mol. The Morgan fingerprint density at radius 3 is 2.79 bits per heavy atom. The molecule has 2 N–H and O–H groups in total. The molecule has 7 nitrogen and oxygen atoms in total. The lowest BCUT2D eigenvalue weighted by Crippen LogP contribution is -2.13. The molecule has 0 aliphatic heterocycles. The van der Waals surface area contributed by atoms with Crippen molar-refractivity contribution in [2.45, 2.75) is 17.0 Å². The molecule has 2 aromatic heterocycles. The number of nitrogens with two attached hydrogens (primary N) is 1. The lowest BCUT2D eigenvalue weighted by molar-refractivity contribution is 0.403. The van der Waals surface area contributed by atoms with Crippen LogP contribution >= 0.6 is 11.8 Å². The van der Waals surface area contributed by atoms with Gasteiger partial charge in [-0.2, -0.15) is 0 Å². The molecule has 9 heteroatoms. The number of sulfonamides is 1. The second kappa shape index (κ2) is 6.42. The molecular weight excluding hydrogens is 348 g/mol. The van der Waals surface area contributed by atoms with Gasteiger partial charge in [-0.1, -0.05) is 24.8 Å². The summed E-state index contributed by atoms with van der Waals surface area (Å²) in [6.45, 7) is 2.05. The summed E-state index contributed by atoms with van der Waals surface area (Å²) >= 11 is 1.60. The first-order chi connectivity index (χ1) is 11.4. The summed E-state index contributed by atoms with van der Waals surface area (Å²) in [6.07, 6.45) is 3.57. The van der Waals surface area contributed by atoms with Gasteiger partial charge in [0.15, 0.2) is 5.16 Å². The highest BCUT2D eigenvalue weighted by Crippen LogP contribution is 2.30. The topological polar surface area (TPSA) is 99.6 Å². The van der Waals surface area contributed by atoms with Gasteiger partial charge in [-0.15, -0.1) is 0 Å². The van der Waals surface area contributed by atoms with E-state index < -0.39 is 10.0 Å². The maximum atomic E-state index is 11.6. The first kappa shape index (κ1) is 16.7. The molecule has 0 radical (unpaired) electrons. The smallest absolute Gasteiger partial charge is 0.241 e. The minimum Gasteiger partial charge on any atom is -0.495 e. The summed E-state index contributed by atoms with van der Waals surface area (Å²) in [5, 5.41) is 6.02. The first-order valence-corrected chi connectivity index (χ1v) is 9.65. The van der Waals surface area contributed by atoms with Crippen molar-refractivity contribution in [3.63, 3.8) is 0 Å². The number of primary sulfonamides is 1. The number of benzene rings is 1. The molecule has 0 unspecified atom stereocenters. The standard InChI is InChI=1S/C15H16N4O3S2/c1-3-23-15-18-11(9-14-17-6-7-19(14)15)10-4-5-13(24(16,20)21)12(8-10)22-2/h4-9H,3H2,1-2H3,(H2,16,20,21). The number of nitrogens with zero attached hydrogens (tertiary/aromatic N) is 3. The molecule has 3 rings (SSSR count). The number of thioether (sulfide) groups is 1. The second-order valence-corrected chi connectivity index (χ2v) is 7.68.